The first-order valence-electron chi connectivity index (χ1n) is 10.2. The molecule has 0 aromatic heterocycles. The van der Waals surface area contributed by atoms with Gasteiger partial charge in [0.25, 0.3) is 0 Å². The van der Waals surface area contributed by atoms with Gasteiger partial charge in [-0.05, 0) is 32.6 Å². The van der Waals surface area contributed by atoms with Crippen LogP contribution in [0.1, 0.15) is 51.9 Å². The molecule has 2 heterocycles. The Kier molecular flexibility index (Phi) is 6.96. The number of hydrogen-bond acceptors (Lipinski definition) is 5. The molecule has 25 heavy (non-hydrogen) atoms. The molecule has 2 aliphatic heterocycles. The summed E-state index contributed by atoms with van der Waals surface area (Å²) in [5.41, 5.74) is 0.320. The third-order valence-corrected chi connectivity index (χ3v) is 6.21. The predicted octanol–water partition coefficient (Wildman–Crippen LogP) is 2.23. The number of hydrogen-bond donors (Lipinski definition) is 1. The molecule has 1 aliphatic carbocycles. The second kappa shape index (κ2) is 9.19. The third-order valence-electron chi connectivity index (χ3n) is 6.21. The van der Waals surface area contributed by atoms with Gasteiger partial charge in [-0.15, -0.1) is 0 Å². The topological polar surface area (TPSA) is 54.0 Å². The molecule has 0 aromatic rings. The standard InChI is InChI=1S/C19H35N3O3/c1-2-25-18(23)21-10-6-17(7-11-21)20-16-19(8-4-3-5-9-19)22-12-14-24-15-13-22/h17,20H,2-16H2,1H3. The molecule has 0 atom stereocenters. The molecule has 0 spiro atoms. The van der Waals surface area contributed by atoms with Crippen molar-refractivity contribution in [1.82, 2.24) is 15.1 Å². The van der Waals surface area contributed by atoms with Crippen LogP contribution in [0.5, 0.6) is 0 Å². The van der Waals surface area contributed by atoms with Gasteiger partial charge in [0.05, 0.1) is 19.8 Å². The van der Waals surface area contributed by atoms with Crippen LogP contribution in [0.3, 0.4) is 0 Å². The Morgan fingerprint density at radius 2 is 1.80 bits per heavy atom. The van der Waals surface area contributed by atoms with Gasteiger partial charge in [0.2, 0.25) is 0 Å². The number of piperidine rings is 1. The molecule has 6 heteroatoms. The lowest BCUT2D eigenvalue weighted by molar-refractivity contribution is -0.0382. The van der Waals surface area contributed by atoms with Gasteiger partial charge in [-0.3, -0.25) is 4.90 Å². The Labute approximate surface area is 152 Å². The minimum Gasteiger partial charge on any atom is -0.450 e. The average Bonchev–Trinajstić information content (AvgIpc) is 2.68. The van der Waals surface area contributed by atoms with E-state index in [1.54, 1.807) is 0 Å². The van der Waals surface area contributed by atoms with Gasteiger partial charge >= 0.3 is 6.09 Å². The second-order valence-corrected chi connectivity index (χ2v) is 7.73. The Bertz CT molecular complexity index is 412. The van der Waals surface area contributed by atoms with Crippen LogP contribution in [0.2, 0.25) is 0 Å². The van der Waals surface area contributed by atoms with Crippen LogP contribution in [0.4, 0.5) is 4.79 Å². The van der Waals surface area contributed by atoms with Crippen molar-refractivity contribution in [1.29, 1.82) is 0 Å². The van der Waals surface area contributed by atoms with E-state index in [4.69, 9.17) is 9.47 Å². The maximum absolute atomic E-state index is 11.8. The summed E-state index contributed by atoms with van der Waals surface area (Å²) in [5.74, 6) is 0. The van der Waals surface area contributed by atoms with Gasteiger partial charge in [0.1, 0.15) is 0 Å². The van der Waals surface area contributed by atoms with Crippen molar-refractivity contribution < 1.29 is 14.3 Å². The molecule has 144 valence electrons. The maximum atomic E-state index is 11.8. The van der Waals surface area contributed by atoms with Crippen molar-refractivity contribution in [2.24, 2.45) is 0 Å². The number of amides is 1. The zero-order valence-corrected chi connectivity index (χ0v) is 15.8. The first-order chi connectivity index (χ1) is 12.2. The normalized spacial score (nSPS) is 25.7. The highest BCUT2D eigenvalue weighted by Crippen LogP contribution is 2.34. The first-order valence-corrected chi connectivity index (χ1v) is 10.2. The van der Waals surface area contributed by atoms with E-state index in [0.717, 1.165) is 58.8 Å². The van der Waals surface area contributed by atoms with E-state index in [0.29, 0.717) is 18.2 Å². The Morgan fingerprint density at radius 1 is 1.12 bits per heavy atom. The minimum absolute atomic E-state index is 0.155. The van der Waals surface area contributed by atoms with Gasteiger partial charge < -0.3 is 19.7 Å². The van der Waals surface area contributed by atoms with E-state index in [-0.39, 0.29) is 6.09 Å². The Morgan fingerprint density at radius 3 is 2.44 bits per heavy atom. The molecule has 1 amide bonds. The maximum Gasteiger partial charge on any atom is 0.409 e. The SMILES string of the molecule is CCOC(=O)N1CCC(NCC2(N3CCOCC3)CCCCC2)CC1. The fourth-order valence-electron chi connectivity index (χ4n) is 4.67. The van der Waals surface area contributed by atoms with Crippen LogP contribution in [-0.2, 0) is 9.47 Å². The quantitative estimate of drug-likeness (QED) is 0.821. The van der Waals surface area contributed by atoms with E-state index in [2.05, 4.69) is 10.2 Å². The smallest absolute Gasteiger partial charge is 0.409 e. The van der Waals surface area contributed by atoms with Gasteiger partial charge in [-0.2, -0.15) is 0 Å². The first kappa shape index (κ1) is 18.9. The lowest BCUT2D eigenvalue weighted by Gasteiger charge is -2.49. The van der Waals surface area contributed by atoms with Crippen LogP contribution < -0.4 is 5.32 Å². The number of nitrogens with zero attached hydrogens (tertiary/aromatic N) is 2. The second-order valence-electron chi connectivity index (χ2n) is 7.73. The Balaban J connectivity index is 1.49. The van der Waals surface area contributed by atoms with Crippen molar-refractivity contribution in [3.05, 3.63) is 0 Å². The summed E-state index contributed by atoms with van der Waals surface area (Å²) in [6.07, 6.45) is 8.59. The molecular weight excluding hydrogens is 318 g/mol. The molecule has 1 N–H and O–H groups in total. The number of rotatable bonds is 5. The fourth-order valence-corrected chi connectivity index (χ4v) is 4.67. The monoisotopic (exact) mass is 353 g/mol. The van der Waals surface area contributed by atoms with Crippen molar-refractivity contribution in [3.63, 3.8) is 0 Å². The van der Waals surface area contributed by atoms with Gasteiger partial charge in [0, 0.05) is 44.3 Å². The zero-order valence-electron chi connectivity index (χ0n) is 15.8. The van der Waals surface area contributed by atoms with Crippen LogP contribution in [0.15, 0.2) is 0 Å². The van der Waals surface area contributed by atoms with Crippen molar-refractivity contribution in [3.8, 4) is 0 Å². The number of nitrogens with one attached hydrogen (secondary N) is 1. The van der Waals surface area contributed by atoms with Crippen LogP contribution in [0.25, 0.3) is 0 Å². The van der Waals surface area contributed by atoms with Crippen molar-refractivity contribution >= 4 is 6.09 Å². The fraction of sp³-hybridized carbons (Fsp3) is 0.947. The van der Waals surface area contributed by atoms with E-state index in [1.165, 1.54) is 32.1 Å². The summed E-state index contributed by atoms with van der Waals surface area (Å²) in [6.45, 7) is 8.91. The molecule has 3 aliphatic rings. The highest BCUT2D eigenvalue weighted by Gasteiger charge is 2.39. The molecule has 1 saturated carbocycles. The minimum atomic E-state index is -0.155. The summed E-state index contributed by atoms with van der Waals surface area (Å²) < 4.78 is 10.7. The number of morpholine rings is 1. The van der Waals surface area contributed by atoms with Crippen molar-refractivity contribution in [2.75, 3.05) is 52.5 Å². The summed E-state index contributed by atoms with van der Waals surface area (Å²) in [7, 11) is 0. The lowest BCUT2D eigenvalue weighted by Crippen LogP contribution is -2.60. The predicted molar refractivity (Wildman–Crippen MR) is 97.8 cm³/mol. The zero-order chi connectivity index (χ0) is 17.5. The average molecular weight is 354 g/mol. The molecule has 0 bridgehead atoms. The molecule has 0 unspecified atom stereocenters. The summed E-state index contributed by atoms with van der Waals surface area (Å²) in [5, 5.41) is 3.86. The summed E-state index contributed by atoms with van der Waals surface area (Å²) >= 11 is 0. The molecule has 0 radical (unpaired) electrons. The van der Waals surface area contributed by atoms with Gasteiger partial charge in [-0.25, -0.2) is 4.79 Å². The largest absolute Gasteiger partial charge is 0.450 e. The van der Waals surface area contributed by atoms with Crippen LogP contribution in [-0.4, -0.2) is 80.0 Å². The molecule has 0 aromatic carbocycles. The Hall–Kier alpha value is -0.850. The third kappa shape index (κ3) is 4.86. The number of ether oxygens (including phenoxy) is 2. The lowest BCUT2D eigenvalue weighted by atomic mass is 9.79. The highest BCUT2D eigenvalue weighted by molar-refractivity contribution is 5.67. The van der Waals surface area contributed by atoms with E-state index in [1.807, 2.05) is 11.8 Å². The molecule has 6 nitrogen and oxygen atoms in total. The summed E-state index contributed by atoms with van der Waals surface area (Å²) in [4.78, 5) is 16.4. The van der Waals surface area contributed by atoms with Gasteiger partial charge in [-0.1, -0.05) is 19.3 Å². The molecule has 3 fully saturated rings. The summed E-state index contributed by atoms with van der Waals surface area (Å²) in [6, 6.07) is 0.519. The molecular formula is C19H35N3O3. The molecule has 3 rings (SSSR count). The number of carbonyl (C=O) groups excluding carboxylic acids is 1. The molecule has 2 saturated heterocycles. The highest BCUT2D eigenvalue weighted by atomic mass is 16.6. The van der Waals surface area contributed by atoms with E-state index in [9.17, 15) is 4.79 Å². The van der Waals surface area contributed by atoms with Gasteiger partial charge in [0.15, 0.2) is 0 Å². The van der Waals surface area contributed by atoms with Crippen LogP contribution in [0, 0.1) is 0 Å². The van der Waals surface area contributed by atoms with E-state index < -0.39 is 0 Å². The number of likely N-dealkylation sites (tertiary alicyclic amines) is 1. The number of carbonyl (C=O) groups is 1. The van der Waals surface area contributed by atoms with Crippen LogP contribution >= 0.6 is 0 Å². The van der Waals surface area contributed by atoms with Crippen molar-refractivity contribution in [2.45, 2.75) is 63.5 Å². The van der Waals surface area contributed by atoms with E-state index >= 15 is 0 Å².